The number of hydrogen-bond acceptors (Lipinski definition) is 10. The monoisotopic (exact) mass is 669 g/mol. The summed E-state index contributed by atoms with van der Waals surface area (Å²) in [4.78, 5) is 47.5. The van der Waals surface area contributed by atoms with E-state index in [9.17, 15) is 22.8 Å². The van der Waals surface area contributed by atoms with Gasteiger partial charge < -0.3 is 30.2 Å². The number of methoxy groups -OCH3 is 1. The van der Waals surface area contributed by atoms with E-state index < -0.39 is 68.2 Å². The number of nitrogens with zero attached hydrogens (tertiary/aromatic N) is 2. The van der Waals surface area contributed by atoms with Gasteiger partial charge in [-0.3, -0.25) is 19.1 Å². The highest BCUT2D eigenvalue weighted by Gasteiger charge is 2.63. The molecule has 0 radical (unpaired) electrons. The summed E-state index contributed by atoms with van der Waals surface area (Å²) in [5, 5.41) is 4.44. The molecule has 0 spiro atoms. The number of aromatic nitrogens is 1. The predicted octanol–water partition coefficient (Wildman–Crippen LogP) is 1.94. The molecule has 254 valence electrons. The van der Waals surface area contributed by atoms with Gasteiger partial charge in [-0.25, -0.2) is 13.4 Å². The van der Waals surface area contributed by atoms with Crippen molar-refractivity contribution in [3.05, 3.63) is 42.6 Å². The number of carbonyl (C=O) groups excluding carboxylic acids is 3. The van der Waals surface area contributed by atoms with Crippen molar-refractivity contribution in [2.75, 3.05) is 13.7 Å². The van der Waals surface area contributed by atoms with Crippen molar-refractivity contribution in [2.24, 2.45) is 11.7 Å². The average Bonchev–Trinajstić information content (AvgIpc) is 3.92. The number of fused-ring (bicyclic) bond motifs is 3. The van der Waals surface area contributed by atoms with Crippen molar-refractivity contribution in [3.63, 3.8) is 0 Å². The Kier molecular flexibility index (Phi) is 8.72. The standard InChI is InChI=1S/C33H43N5O8S/c1-19-7-5-6-8-22-17-33(22,31(41)37-47(42,43)32(3)12-13-32)36-28(39)26-16-24(18-38(26)30(40)27(34)20(2)45-19)46-29-25-10-9-23(44-4)15-21(25)11-14-35-29/h6,8-11,14-15,19-20,22,24,26-27H,5,7,12-13,16-18,34H2,1-4H3,(H,36,39)(H,37,41)/b8-6-/t19-,20+,22-,24-,26+,27+,33-/m1/s1. The minimum absolute atomic E-state index is 0.0381. The second-order valence-corrected chi connectivity index (χ2v) is 15.7. The van der Waals surface area contributed by atoms with Crippen molar-refractivity contribution in [1.29, 1.82) is 0 Å². The molecular weight excluding hydrogens is 626 g/mol. The Morgan fingerprint density at radius 2 is 1.98 bits per heavy atom. The van der Waals surface area contributed by atoms with Gasteiger partial charge in [0.15, 0.2) is 0 Å². The number of amides is 3. The van der Waals surface area contributed by atoms with Gasteiger partial charge in [0.1, 0.15) is 29.5 Å². The van der Waals surface area contributed by atoms with Gasteiger partial charge in [-0.05, 0) is 82.5 Å². The molecule has 4 N–H and O–H groups in total. The molecule has 2 aromatic rings. The molecule has 7 atom stereocenters. The first kappa shape index (κ1) is 33.2. The van der Waals surface area contributed by atoms with Crippen molar-refractivity contribution >= 4 is 38.5 Å². The molecule has 14 heteroatoms. The minimum atomic E-state index is -3.95. The summed E-state index contributed by atoms with van der Waals surface area (Å²) >= 11 is 0. The average molecular weight is 670 g/mol. The number of benzene rings is 1. The van der Waals surface area contributed by atoms with Crippen molar-refractivity contribution in [3.8, 4) is 11.6 Å². The van der Waals surface area contributed by atoms with Crippen LogP contribution in [0, 0.1) is 5.92 Å². The van der Waals surface area contributed by atoms with Crippen molar-refractivity contribution in [2.45, 2.75) is 100.0 Å². The SMILES string of the molecule is COc1ccc2c(O[C@@H]3C[C@H]4C(=O)N[C@]5(C(=O)NS(=O)(=O)C6(C)CC6)C[C@H]5/C=C\CC[C@@H](C)O[C@@H](C)[C@H](N)C(=O)N4C3)nccc2c1. The normalized spacial score (nSPS) is 33.0. The maximum atomic E-state index is 14.1. The van der Waals surface area contributed by atoms with Crippen LogP contribution in [0.3, 0.4) is 0 Å². The van der Waals surface area contributed by atoms with Gasteiger partial charge in [0.2, 0.25) is 27.7 Å². The van der Waals surface area contributed by atoms with Gasteiger partial charge in [-0.2, -0.15) is 0 Å². The molecule has 0 unspecified atom stereocenters. The molecule has 47 heavy (non-hydrogen) atoms. The van der Waals surface area contributed by atoms with E-state index >= 15 is 0 Å². The third-order valence-corrected chi connectivity index (χ3v) is 12.2. The summed E-state index contributed by atoms with van der Waals surface area (Å²) in [7, 11) is -2.37. The van der Waals surface area contributed by atoms with E-state index in [2.05, 4.69) is 15.0 Å². The highest BCUT2D eigenvalue weighted by atomic mass is 32.2. The number of pyridine rings is 1. The summed E-state index contributed by atoms with van der Waals surface area (Å²) in [6, 6.07) is 5.20. The Bertz CT molecular complexity index is 1710. The van der Waals surface area contributed by atoms with E-state index in [0.717, 1.165) is 10.8 Å². The number of nitrogens with one attached hydrogen (secondary N) is 2. The number of carbonyl (C=O) groups is 3. The summed E-state index contributed by atoms with van der Waals surface area (Å²) < 4.78 is 45.0. The maximum absolute atomic E-state index is 14.1. The Morgan fingerprint density at radius 1 is 1.21 bits per heavy atom. The molecule has 3 heterocycles. The first-order valence-corrected chi connectivity index (χ1v) is 17.6. The third kappa shape index (κ3) is 6.42. The van der Waals surface area contributed by atoms with E-state index in [-0.39, 0.29) is 25.5 Å². The Labute approximate surface area is 274 Å². The van der Waals surface area contributed by atoms with Crippen molar-refractivity contribution in [1.82, 2.24) is 19.9 Å². The zero-order valence-corrected chi connectivity index (χ0v) is 27.9. The van der Waals surface area contributed by atoms with E-state index in [1.165, 1.54) is 4.90 Å². The fourth-order valence-corrected chi connectivity index (χ4v) is 7.76. The number of rotatable bonds is 6. The topological polar surface area (TPSA) is 179 Å². The van der Waals surface area contributed by atoms with Crippen LogP contribution in [0.5, 0.6) is 11.6 Å². The van der Waals surface area contributed by atoms with Crippen LogP contribution in [-0.4, -0.2) is 90.4 Å². The molecule has 1 aromatic heterocycles. The second kappa shape index (κ2) is 12.4. The first-order valence-electron chi connectivity index (χ1n) is 16.1. The van der Waals surface area contributed by atoms with Crippen LogP contribution in [0.4, 0.5) is 0 Å². The Morgan fingerprint density at radius 3 is 2.70 bits per heavy atom. The summed E-state index contributed by atoms with van der Waals surface area (Å²) in [6.07, 6.45) is 6.38. The predicted molar refractivity (Wildman–Crippen MR) is 173 cm³/mol. The Balaban J connectivity index is 1.30. The van der Waals surface area contributed by atoms with Gasteiger partial charge in [0.05, 0.1) is 30.6 Å². The summed E-state index contributed by atoms with van der Waals surface area (Å²) in [5.74, 6) is -1.28. The quantitative estimate of drug-likeness (QED) is 0.385. The maximum Gasteiger partial charge on any atom is 0.259 e. The molecule has 2 saturated carbocycles. The van der Waals surface area contributed by atoms with Crippen LogP contribution in [0.1, 0.15) is 59.3 Å². The van der Waals surface area contributed by atoms with Gasteiger partial charge in [-0.15, -0.1) is 0 Å². The van der Waals surface area contributed by atoms with Crippen LogP contribution in [0.25, 0.3) is 10.8 Å². The molecular formula is C33H43N5O8S. The molecule has 3 amide bonds. The van der Waals surface area contributed by atoms with Crippen LogP contribution >= 0.6 is 0 Å². The zero-order chi connectivity index (χ0) is 33.7. The highest BCUT2D eigenvalue weighted by Crippen LogP contribution is 2.47. The molecule has 6 rings (SSSR count). The van der Waals surface area contributed by atoms with E-state index in [4.69, 9.17) is 19.9 Å². The number of nitrogens with two attached hydrogens (primary N) is 1. The number of hydrogen-bond donors (Lipinski definition) is 3. The molecule has 2 aliphatic heterocycles. The van der Waals surface area contributed by atoms with E-state index in [0.29, 0.717) is 37.3 Å². The molecule has 3 fully saturated rings. The minimum Gasteiger partial charge on any atom is -0.497 e. The fourth-order valence-electron chi connectivity index (χ4n) is 6.45. The lowest BCUT2D eigenvalue weighted by Crippen LogP contribution is -2.59. The number of sulfonamides is 1. The smallest absolute Gasteiger partial charge is 0.259 e. The number of ether oxygens (including phenoxy) is 3. The van der Waals surface area contributed by atoms with Gasteiger partial charge in [-0.1, -0.05) is 12.2 Å². The molecule has 2 aliphatic carbocycles. The third-order valence-electron chi connectivity index (χ3n) is 10.0. The lowest BCUT2D eigenvalue weighted by Gasteiger charge is -2.31. The van der Waals surface area contributed by atoms with Crippen molar-refractivity contribution < 1.29 is 37.0 Å². The fraction of sp³-hybridized carbons (Fsp3) is 0.576. The summed E-state index contributed by atoms with van der Waals surface area (Å²) in [6.45, 7) is 5.26. The van der Waals surface area contributed by atoms with Crippen LogP contribution in [0.2, 0.25) is 0 Å². The lowest BCUT2D eigenvalue weighted by atomic mass is 10.1. The lowest BCUT2D eigenvalue weighted by molar-refractivity contribution is -0.143. The number of allylic oxidation sites excluding steroid dienone is 1. The largest absolute Gasteiger partial charge is 0.497 e. The van der Waals surface area contributed by atoms with E-state index in [1.54, 1.807) is 33.2 Å². The van der Waals surface area contributed by atoms with Gasteiger partial charge in [0, 0.05) is 23.9 Å². The van der Waals surface area contributed by atoms with E-state index in [1.807, 2.05) is 37.3 Å². The second-order valence-electron chi connectivity index (χ2n) is 13.5. The van der Waals surface area contributed by atoms with Gasteiger partial charge in [0.25, 0.3) is 5.91 Å². The zero-order valence-electron chi connectivity index (χ0n) is 27.1. The highest BCUT2D eigenvalue weighted by molar-refractivity contribution is 7.91. The molecule has 0 bridgehead atoms. The molecule has 1 aromatic carbocycles. The van der Waals surface area contributed by atoms with Crippen LogP contribution in [-0.2, 0) is 29.1 Å². The molecule has 4 aliphatic rings. The first-order chi connectivity index (χ1) is 22.3. The molecule has 1 saturated heterocycles. The van der Waals surface area contributed by atoms with Crippen LogP contribution < -0.4 is 25.2 Å². The van der Waals surface area contributed by atoms with Gasteiger partial charge >= 0.3 is 0 Å². The summed E-state index contributed by atoms with van der Waals surface area (Å²) in [5.41, 5.74) is 4.96. The van der Waals surface area contributed by atoms with Crippen LogP contribution in [0.15, 0.2) is 42.6 Å². The Hall–Kier alpha value is -3.75. The molecule has 13 nitrogen and oxygen atoms in total.